The molecule has 3 aromatic carbocycles. The molecule has 9 heteroatoms. The van der Waals surface area contributed by atoms with Crippen LogP contribution in [0.2, 0.25) is 0 Å². The molecular formula is C33H36N4O4S. The highest BCUT2D eigenvalue weighted by atomic mass is 32.2. The van der Waals surface area contributed by atoms with E-state index in [1.807, 2.05) is 73.7 Å². The maximum atomic E-state index is 13.6. The molecule has 1 aliphatic heterocycles. The Bertz CT molecular complexity index is 1520. The van der Waals surface area contributed by atoms with E-state index in [0.717, 1.165) is 36.1 Å². The summed E-state index contributed by atoms with van der Waals surface area (Å²) in [5.74, 6) is 2.30. The number of unbranched alkanes of at least 4 members (excludes halogenated alkanes) is 1. The molecule has 0 spiro atoms. The van der Waals surface area contributed by atoms with Gasteiger partial charge in [0.15, 0.2) is 11.5 Å². The number of anilines is 1. The number of thioether (sulfide) groups is 1. The normalized spacial score (nSPS) is 14.2. The van der Waals surface area contributed by atoms with Crippen LogP contribution in [-0.4, -0.2) is 40.2 Å². The van der Waals surface area contributed by atoms with Crippen molar-refractivity contribution in [3.05, 3.63) is 107 Å². The van der Waals surface area contributed by atoms with Gasteiger partial charge in [0.2, 0.25) is 11.1 Å². The number of esters is 1. The molecule has 42 heavy (non-hydrogen) atoms. The molecular weight excluding hydrogens is 548 g/mol. The lowest BCUT2D eigenvalue weighted by molar-refractivity contribution is -0.140. The summed E-state index contributed by atoms with van der Waals surface area (Å²) in [7, 11) is 1.62. The van der Waals surface area contributed by atoms with Gasteiger partial charge < -0.3 is 19.5 Å². The van der Waals surface area contributed by atoms with Gasteiger partial charge in [0.25, 0.3) is 0 Å². The van der Waals surface area contributed by atoms with Crippen LogP contribution in [-0.2, 0) is 22.6 Å². The van der Waals surface area contributed by atoms with Gasteiger partial charge in [0, 0.05) is 17.9 Å². The van der Waals surface area contributed by atoms with Crippen molar-refractivity contribution in [2.45, 2.75) is 50.9 Å². The molecule has 0 saturated heterocycles. The third-order valence-corrected chi connectivity index (χ3v) is 7.91. The van der Waals surface area contributed by atoms with Gasteiger partial charge in [0.1, 0.15) is 12.6 Å². The molecule has 1 aliphatic rings. The molecule has 0 radical (unpaired) electrons. The maximum absolute atomic E-state index is 13.6. The lowest BCUT2D eigenvalue weighted by Gasteiger charge is -2.28. The Hall–Kier alpha value is -4.24. The SMILES string of the molecule is CCCCSc1nc2n(n1)C(c1ccc(OCCc3ccccc3)c(OC)c1)C(C(=O)OCc1ccccc1)=C(C)N2. The molecule has 0 amide bonds. The summed E-state index contributed by atoms with van der Waals surface area (Å²) >= 11 is 1.61. The molecule has 1 aromatic heterocycles. The number of allylic oxidation sites excluding steroid dienone is 1. The Labute approximate surface area is 251 Å². The van der Waals surface area contributed by atoms with Crippen molar-refractivity contribution in [1.82, 2.24) is 14.8 Å². The van der Waals surface area contributed by atoms with Crippen molar-refractivity contribution < 1.29 is 19.0 Å². The fourth-order valence-corrected chi connectivity index (χ4v) is 5.68. The molecule has 2 heterocycles. The topological polar surface area (TPSA) is 87.5 Å². The van der Waals surface area contributed by atoms with Gasteiger partial charge in [-0.1, -0.05) is 91.8 Å². The van der Waals surface area contributed by atoms with Crippen molar-refractivity contribution in [2.75, 3.05) is 24.8 Å². The Kier molecular flexibility index (Phi) is 9.82. The van der Waals surface area contributed by atoms with Crippen LogP contribution < -0.4 is 14.8 Å². The first kappa shape index (κ1) is 29.3. The Balaban J connectivity index is 1.43. The van der Waals surface area contributed by atoms with Crippen molar-refractivity contribution in [1.29, 1.82) is 0 Å². The number of fused-ring (bicyclic) bond motifs is 1. The standard InChI is InChI=1S/C33H36N4O4S/c1-4-5-20-42-33-35-32-34-23(2)29(31(38)41-22-25-14-10-7-11-15-25)30(37(32)36-33)26-16-17-27(28(21-26)39-3)40-19-18-24-12-8-6-9-13-24/h6-17,21,30H,4-5,18-20,22H2,1-3H3,(H,34,35,36). The third kappa shape index (κ3) is 6.97. The van der Waals surface area contributed by atoms with Crippen LogP contribution in [0.1, 0.15) is 49.4 Å². The molecule has 5 rings (SSSR count). The maximum Gasteiger partial charge on any atom is 0.338 e. The minimum atomic E-state index is -0.565. The van der Waals surface area contributed by atoms with Crippen molar-refractivity contribution in [3.8, 4) is 11.5 Å². The van der Waals surface area contributed by atoms with Crippen LogP contribution in [0.25, 0.3) is 0 Å². The summed E-state index contributed by atoms with van der Waals surface area (Å²) in [5.41, 5.74) is 4.07. The van der Waals surface area contributed by atoms with Gasteiger partial charge in [-0.05, 0) is 42.2 Å². The zero-order chi connectivity index (χ0) is 29.3. The molecule has 1 N–H and O–H groups in total. The largest absolute Gasteiger partial charge is 0.493 e. The fourth-order valence-electron chi connectivity index (χ4n) is 4.77. The Morgan fingerprint density at radius 3 is 2.45 bits per heavy atom. The smallest absolute Gasteiger partial charge is 0.338 e. The van der Waals surface area contributed by atoms with Gasteiger partial charge in [0.05, 0.1) is 19.3 Å². The second-order valence-corrected chi connectivity index (χ2v) is 11.0. The number of benzene rings is 3. The number of ether oxygens (including phenoxy) is 3. The highest BCUT2D eigenvalue weighted by molar-refractivity contribution is 7.99. The van der Waals surface area contributed by atoms with Crippen LogP contribution in [0.5, 0.6) is 11.5 Å². The third-order valence-electron chi connectivity index (χ3n) is 6.99. The quantitative estimate of drug-likeness (QED) is 0.104. The average Bonchev–Trinajstić information content (AvgIpc) is 3.42. The zero-order valence-corrected chi connectivity index (χ0v) is 25.0. The zero-order valence-electron chi connectivity index (χ0n) is 24.2. The second kappa shape index (κ2) is 14.1. The summed E-state index contributed by atoms with van der Waals surface area (Å²) in [4.78, 5) is 18.4. The second-order valence-electron chi connectivity index (χ2n) is 9.99. The molecule has 8 nitrogen and oxygen atoms in total. The number of aromatic nitrogens is 3. The van der Waals surface area contributed by atoms with Crippen molar-refractivity contribution in [2.24, 2.45) is 0 Å². The van der Waals surface area contributed by atoms with Gasteiger partial charge in [-0.15, -0.1) is 5.10 Å². The number of hydrogen-bond acceptors (Lipinski definition) is 8. The van der Waals surface area contributed by atoms with E-state index in [1.165, 1.54) is 5.56 Å². The van der Waals surface area contributed by atoms with E-state index >= 15 is 0 Å². The Morgan fingerprint density at radius 1 is 1.00 bits per heavy atom. The fraction of sp³-hybridized carbons (Fsp3) is 0.303. The van der Waals surface area contributed by atoms with E-state index in [-0.39, 0.29) is 6.61 Å². The van der Waals surface area contributed by atoms with Gasteiger partial charge in [-0.3, -0.25) is 0 Å². The number of nitrogens with one attached hydrogen (secondary N) is 1. The lowest BCUT2D eigenvalue weighted by Crippen LogP contribution is -2.29. The molecule has 0 aliphatic carbocycles. The summed E-state index contributed by atoms with van der Waals surface area (Å²) in [6, 6.07) is 25.0. The molecule has 218 valence electrons. The molecule has 0 fully saturated rings. The van der Waals surface area contributed by atoms with Crippen LogP contribution in [0.15, 0.2) is 95.3 Å². The van der Waals surface area contributed by atoms with Gasteiger partial charge >= 0.3 is 5.97 Å². The van der Waals surface area contributed by atoms with Crippen LogP contribution in [0, 0.1) is 0 Å². The van der Waals surface area contributed by atoms with E-state index in [9.17, 15) is 4.79 Å². The number of methoxy groups -OCH3 is 1. The molecule has 0 bridgehead atoms. The first-order valence-electron chi connectivity index (χ1n) is 14.2. The predicted molar refractivity (Wildman–Crippen MR) is 165 cm³/mol. The van der Waals surface area contributed by atoms with Crippen molar-refractivity contribution >= 4 is 23.7 Å². The van der Waals surface area contributed by atoms with E-state index in [0.29, 0.717) is 40.5 Å². The number of hydrogen-bond donors (Lipinski definition) is 1. The van der Waals surface area contributed by atoms with Gasteiger partial charge in [-0.2, -0.15) is 4.98 Å². The van der Waals surface area contributed by atoms with E-state index in [1.54, 1.807) is 23.6 Å². The van der Waals surface area contributed by atoms with Crippen LogP contribution >= 0.6 is 11.8 Å². The summed E-state index contributed by atoms with van der Waals surface area (Å²) in [5, 5.41) is 8.76. The predicted octanol–water partition coefficient (Wildman–Crippen LogP) is 6.83. The van der Waals surface area contributed by atoms with Gasteiger partial charge in [-0.25, -0.2) is 9.48 Å². The summed E-state index contributed by atoms with van der Waals surface area (Å²) in [6.45, 7) is 4.71. The summed E-state index contributed by atoms with van der Waals surface area (Å²) in [6.07, 6.45) is 2.95. The first-order chi connectivity index (χ1) is 20.6. The molecule has 0 saturated carbocycles. The number of carbonyl (C=O) groups excluding carboxylic acids is 1. The molecule has 1 atom stereocenters. The minimum Gasteiger partial charge on any atom is -0.493 e. The van der Waals surface area contributed by atoms with Crippen LogP contribution in [0.4, 0.5) is 5.95 Å². The number of carbonyl (C=O) groups is 1. The lowest BCUT2D eigenvalue weighted by atomic mass is 9.95. The van der Waals surface area contributed by atoms with E-state index in [4.69, 9.17) is 24.3 Å². The first-order valence-corrected chi connectivity index (χ1v) is 15.2. The van der Waals surface area contributed by atoms with E-state index < -0.39 is 12.0 Å². The average molecular weight is 585 g/mol. The highest BCUT2D eigenvalue weighted by Crippen LogP contribution is 2.40. The molecule has 1 unspecified atom stereocenters. The molecule has 4 aromatic rings. The van der Waals surface area contributed by atoms with Crippen LogP contribution in [0.3, 0.4) is 0 Å². The summed E-state index contributed by atoms with van der Waals surface area (Å²) < 4.78 is 19.4. The Morgan fingerprint density at radius 2 is 1.74 bits per heavy atom. The van der Waals surface area contributed by atoms with Crippen molar-refractivity contribution in [3.63, 3.8) is 0 Å². The minimum absolute atomic E-state index is 0.170. The highest BCUT2D eigenvalue weighted by Gasteiger charge is 2.36. The van der Waals surface area contributed by atoms with E-state index in [2.05, 4.69) is 24.4 Å². The number of rotatable bonds is 13. The monoisotopic (exact) mass is 584 g/mol. The number of nitrogens with zero attached hydrogens (tertiary/aromatic N) is 3.